The molecule has 1 atom stereocenters. The summed E-state index contributed by atoms with van der Waals surface area (Å²) in [6.07, 6.45) is 1.08. The predicted molar refractivity (Wildman–Crippen MR) is 48.4 cm³/mol. The first-order valence-electron chi connectivity index (χ1n) is 4.24. The van der Waals surface area contributed by atoms with Crippen molar-refractivity contribution in [3.05, 3.63) is 0 Å². The molecule has 0 radical (unpaired) electrons. The van der Waals surface area contributed by atoms with Crippen LogP contribution in [0.4, 0.5) is 0 Å². The van der Waals surface area contributed by atoms with Crippen molar-refractivity contribution in [2.75, 3.05) is 13.6 Å². The second-order valence-electron chi connectivity index (χ2n) is 2.79. The molecule has 13 heavy (non-hydrogen) atoms. The van der Waals surface area contributed by atoms with Gasteiger partial charge in [-0.15, -0.1) is 0 Å². The van der Waals surface area contributed by atoms with Crippen LogP contribution in [0.15, 0.2) is 0 Å². The molecular weight excluding hydrogens is 172 g/mol. The molecule has 0 heterocycles. The Hall–Kier alpha value is -1.10. The Kier molecular flexibility index (Phi) is 5.88. The van der Waals surface area contributed by atoms with Gasteiger partial charge in [0.25, 0.3) is 0 Å². The number of carbonyl (C=O) groups excluding carboxylic acids is 1. The van der Waals surface area contributed by atoms with Gasteiger partial charge in [-0.1, -0.05) is 0 Å². The van der Waals surface area contributed by atoms with Crippen LogP contribution in [-0.4, -0.2) is 36.6 Å². The van der Waals surface area contributed by atoms with Gasteiger partial charge < -0.3 is 15.7 Å². The number of carbonyl (C=O) groups is 2. The molecule has 0 aliphatic heterocycles. The van der Waals surface area contributed by atoms with E-state index in [1.807, 2.05) is 0 Å². The molecular formula is C8H16N2O3. The highest BCUT2D eigenvalue weighted by Crippen LogP contribution is 1.88. The summed E-state index contributed by atoms with van der Waals surface area (Å²) in [6, 6.07) is -0.551. The van der Waals surface area contributed by atoms with Gasteiger partial charge in [-0.05, 0) is 19.9 Å². The highest BCUT2D eigenvalue weighted by Gasteiger charge is 2.08. The number of aliphatic carboxylic acids is 1. The van der Waals surface area contributed by atoms with Crippen molar-refractivity contribution in [2.24, 2.45) is 0 Å². The SMILES string of the molecule is CNC(=O)CCCN[C@@H](C)C(=O)O. The summed E-state index contributed by atoms with van der Waals surface area (Å²) in [6.45, 7) is 2.11. The average molecular weight is 188 g/mol. The van der Waals surface area contributed by atoms with E-state index in [-0.39, 0.29) is 5.91 Å². The van der Waals surface area contributed by atoms with Gasteiger partial charge in [0, 0.05) is 13.5 Å². The second kappa shape index (κ2) is 6.42. The zero-order valence-corrected chi connectivity index (χ0v) is 7.96. The summed E-state index contributed by atoms with van der Waals surface area (Å²) in [5.74, 6) is -0.898. The summed E-state index contributed by atoms with van der Waals surface area (Å²) in [5.41, 5.74) is 0. The number of rotatable bonds is 6. The van der Waals surface area contributed by atoms with Crippen LogP contribution < -0.4 is 10.6 Å². The molecule has 0 fully saturated rings. The molecule has 0 saturated carbocycles. The molecule has 0 aliphatic rings. The third-order valence-electron chi connectivity index (χ3n) is 1.68. The molecule has 0 aliphatic carbocycles. The van der Waals surface area contributed by atoms with Gasteiger partial charge in [-0.25, -0.2) is 0 Å². The topological polar surface area (TPSA) is 78.4 Å². The summed E-state index contributed by atoms with van der Waals surface area (Å²) in [5, 5.41) is 13.8. The standard InChI is InChI=1S/C8H16N2O3/c1-6(8(12)13)10-5-3-4-7(11)9-2/h6,10H,3-5H2,1-2H3,(H,9,11)(H,12,13)/t6-/m0/s1. The van der Waals surface area contributed by atoms with E-state index in [0.717, 1.165) is 0 Å². The molecule has 5 nitrogen and oxygen atoms in total. The summed E-state index contributed by atoms with van der Waals surface area (Å²) in [7, 11) is 1.58. The van der Waals surface area contributed by atoms with Gasteiger partial charge in [0.15, 0.2) is 0 Å². The van der Waals surface area contributed by atoms with E-state index in [4.69, 9.17) is 5.11 Å². The zero-order valence-electron chi connectivity index (χ0n) is 7.96. The number of hydrogen-bond donors (Lipinski definition) is 3. The van der Waals surface area contributed by atoms with Crippen molar-refractivity contribution in [3.8, 4) is 0 Å². The summed E-state index contributed by atoms with van der Waals surface area (Å²) >= 11 is 0. The van der Waals surface area contributed by atoms with Crippen LogP contribution in [0.1, 0.15) is 19.8 Å². The van der Waals surface area contributed by atoms with Gasteiger partial charge in [0.1, 0.15) is 6.04 Å². The van der Waals surface area contributed by atoms with Crippen molar-refractivity contribution < 1.29 is 14.7 Å². The van der Waals surface area contributed by atoms with Crippen LogP contribution in [-0.2, 0) is 9.59 Å². The Morgan fingerprint density at radius 3 is 2.54 bits per heavy atom. The molecule has 0 aromatic rings. The van der Waals surface area contributed by atoms with Crippen LogP contribution >= 0.6 is 0 Å². The summed E-state index contributed by atoms with van der Waals surface area (Å²) < 4.78 is 0. The van der Waals surface area contributed by atoms with Crippen LogP contribution in [0.2, 0.25) is 0 Å². The maximum absolute atomic E-state index is 10.7. The van der Waals surface area contributed by atoms with Crippen LogP contribution in [0.3, 0.4) is 0 Å². The Morgan fingerprint density at radius 2 is 2.08 bits per heavy atom. The molecule has 0 aromatic heterocycles. The molecule has 0 bridgehead atoms. The maximum Gasteiger partial charge on any atom is 0.320 e. The van der Waals surface area contributed by atoms with E-state index in [0.29, 0.717) is 19.4 Å². The molecule has 0 spiro atoms. The lowest BCUT2D eigenvalue weighted by Gasteiger charge is -2.07. The molecule has 1 amide bonds. The highest BCUT2D eigenvalue weighted by molar-refractivity contribution is 5.75. The van der Waals surface area contributed by atoms with Gasteiger partial charge in [-0.3, -0.25) is 9.59 Å². The van der Waals surface area contributed by atoms with Crippen LogP contribution in [0.25, 0.3) is 0 Å². The quantitative estimate of drug-likeness (QED) is 0.494. The average Bonchev–Trinajstić information content (AvgIpc) is 2.11. The fourth-order valence-electron chi connectivity index (χ4n) is 0.780. The Labute approximate surface area is 77.5 Å². The van der Waals surface area contributed by atoms with E-state index in [2.05, 4.69) is 10.6 Å². The minimum Gasteiger partial charge on any atom is -0.480 e. The fraction of sp³-hybridized carbons (Fsp3) is 0.750. The molecule has 0 saturated heterocycles. The first kappa shape index (κ1) is 11.9. The van der Waals surface area contributed by atoms with E-state index in [1.165, 1.54) is 0 Å². The first-order chi connectivity index (χ1) is 6.07. The third kappa shape index (κ3) is 6.10. The maximum atomic E-state index is 10.7. The van der Waals surface area contributed by atoms with Crippen molar-refractivity contribution in [1.29, 1.82) is 0 Å². The lowest BCUT2D eigenvalue weighted by Crippen LogP contribution is -2.34. The Balaban J connectivity index is 3.35. The first-order valence-corrected chi connectivity index (χ1v) is 4.24. The normalized spacial score (nSPS) is 12.2. The van der Waals surface area contributed by atoms with Gasteiger partial charge in [-0.2, -0.15) is 0 Å². The van der Waals surface area contributed by atoms with E-state index in [9.17, 15) is 9.59 Å². The Bertz CT molecular complexity index is 182. The monoisotopic (exact) mass is 188 g/mol. The highest BCUT2D eigenvalue weighted by atomic mass is 16.4. The van der Waals surface area contributed by atoms with Crippen LogP contribution in [0, 0.1) is 0 Å². The smallest absolute Gasteiger partial charge is 0.320 e. The molecule has 3 N–H and O–H groups in total. The third-order valence-corrected chi connectivity index (χ3v) is 1.68. The number of nitrogens with one attached hydrogen (secondary N) is 2. The van der Waals surface area contributed by atoms with Crippen molar-refractivity contribution in [1.82, 2.24) is 10.6 Å². The van der Waals surface area contributed by atoms with Crippen molar-refractivity contribution in [2.45, 2.75) is 25.8 Å². The van der Waals surface area contributed by atoms with E-state index >= 15 is 0 Å². The van der Waals surface area contributed by atoms with Gasteiger partial charge in [0.05, 0.1) is 0 Å². The predicted octanol–water partition coefficient (Wildman–Crippen LogP) is -0.425. The molecule has 0 unspecified atom stereocenters. The zero-order chi connectivity index (χ0) is 10.3. The van der Waals surface area contributed by atoms with E-state index < -0.39 is 12.0 Å². The lowest BCUT2D eigenvalue weighted by molar-refractivity contribution is -0.138. The molecule has 5 heteroatoms. The summed E-state index contributed by atoms with van der Waals surface area (Å²) in [4.78, 5) is 21.1. The number of hydrogen-bond acceptors (Lipinski definition) is 3. The van der Waals surface area contributed by atoms with Gasteiger partial charge in [0.2, 0.25) is 5.91 Å². The molecule has 0 aromatic carbocycles. The Morgan fingerprint density at radius 1 is 1.46 bits per heavy atom. The minimum atomic E-state index is -0.875. The van der Waals surface area contributed by atoms with Crippen molar-refractivity contribution in [3.63, 3.8) is 0 Å². The number of carboxylic acids is 1. The second-order valence-corrected chi connectivity index (χ2v) is 2.79. The molecule has 0 rings (SSSR count). The minimum absolute atomic E-state index is 0.0234. The number of carboxylic acid groups (broad SMARTS) is 1. The number of amides is 1. The largest absolute Gasteiger partial charge is 0.480 e. The molecule has 76 valence electrons. The van der Waals surface area contributed by atoms with Crippen molar-refractivity contribution >= 4 is 11.9 Å². The lowest BCUT2D eigenvalue weighted by atomic mass is 10.2. The fourth-order valence-corrected chi connectivity index (χ4v) is 0.780. The van der Waals surface area contributed by atoms with E-state index in [1.54, 1.807) is 14.0 Å². The van der Waals surface area contributed by atoms with Crippen LogP contribution in [0.5, 0.6) is 0 Å². The van der Waals surface area contributed by atoms with Gasteiger partial charge >= 0.3 is 5.97 Å².